The largest absolute Gasteiger partial charge is 0.355 e. The summed E-state index contributed by atoms with van der Waals surface area (Å²) < 4.78 is 1.59. The standard InChI is InChI=1S/C23H25N3O2/c27-22(24-15-18-9-5-8-17-7-1-2-10-19(17)18)13-6-14-26-16-25-21-12-4-3-11-20(21)23(26)28/h1-4,7,10-12,16,18H,5-6,8-9,13-15H2,(H,24,27). The third-order valence-corrected chi connectivity index (χ3v) is 5.57. The van der Waals surface area contributed by atoms with Crippen molar-refractivity contribution >= 4 is 16.8 Å². The highest BCUT2D eigenvalue weighted by atomic mass is 16.1. The molecule has 28 heavy (non-hydrogen) atoms. The number of carbonyl (C=O) groups is 1. The molecule has 1 aromatic heterocycles. The minimum atomic E-state index is -0.0511. The predicted molar refractivity (Wildman–Crippen MR) is 110 cm³/mol. The lowest BCUT2D eigenvalue weighted by Gasteiger charge is -2.25. The molecule has 0 saturated carbocycles. The molecular weight excluding hydrogens is 350 g/mol. The fourth-order valence-electron chi connectivity index (χ4n) is 4.07. The second-order valence-corrected chi connectivity index (χ2v) is 7.46. The molecule has 1 heterocycles. The summed E-state index contributed by atoms with van der Waals surface area (Å²) in [4.78, 5) is 29.1. The highest BCUT2D eigenvalue weighted by molar-refractivity contribution is 5.77. The van der Waals surface area contributed by atoms with Crippen LogP contribution in [0.25, 0.3) is 10.9 Å². The number of nitrogens with one attached hydrogen (secondary N) is 1. The van der Waals surface area contributed by atoms with Gasteiger partial charge in [-0.3, -0.25) is 14.2 Å². The average molecular weight is 375 g/mol. The molecule has 2 aromatic carbocycles. The first-order chi connectivity index (χ1) is 13.7. The number of hydrogen-bond donors (Lipinski definition) is 1. The summed E-state index contributed by atoms with van der Waals surface area (Å²) in [6.45, 7) is 1.18. The Bertz CT molecular complexity index is 1040. The third kappa shape index (κ3) is 3.98. The molecule has 3 aromatic rings. The van der Waals surface area contributed by atoms with Crippen molar-refractivity contribution in [2.24, 2.45) is 0 Å². The van der Waals surface area contributed by atoms with Gasteiger partial charge >= 0.3 is 0 Å². The summed E-state index contributed by atoms with van der Waals surface area (Å²) in [5.41, 5.74) is 3.44. The minimum Gasteiger partial charge on any atom is -0.355 e. The van der Waals surface area contributed by atoms with E-state index in [-0.39, 0.29) is 11.5 Å². The van der Waals surface area contributed by atoms with E-state index in [2.05, 4.69) is 34.6 Å². The lowest BCUT2D eigenvalue weighted by Crippen LogP contribution is -2.30. The Morgan fingerprint density at radius 3 is 2.89 bits per heavy atom. The van der Waals surface area contributed by atoms with Gasteiger partial charge < -0.3 is 5.32 Å². The van der Waals surface area contributed by atoms with Crippen LogP contribution in [0.4, 0.5) is 0 Å². The number of para-hydroxylation sites is 1. The Balaban J connectivity index is 1.29. The molecule has 1 amide bonds. The van der Waals surface area contributed by atoms with Crippen molar-refractivity contribution in [2.75, 3.05) is 6.54 Å². The Morgan fingerprint density at radius 2 is 1.96 bits per heavy atom. The zero-order valence-electron chi connectivity index (χ0n) is 15.9. The van der Waals surface area contributed by atoms with E-state index in [0.29, 0.717) is 42.8 Å². The summed E-state index contributed by atoms with van der Waals surface area (Å²) >= 11 is 0. The van der Waals surface area contributed by atoms with E-state index in [1.165, 1.54) is 17.5 Å². The van der Waals surface area contributed by atoms with Crippen molar-refractivity contribution < 1.29 is 4.79 Å². The van der Waals surface area contributed by atoms with Gasteiger partial charge in [-0.25, -0.2) is 4.98 Å². The van der Waals surface area contributed by atoms with E-state index in [1.807, 2.05) is 18.2 Å². The molecule has 0 aliphatic heterocycles. The summed E-state index contributed by atoms with van der Waals surface area (Å²) in [5, 5.41) is 3.70. The van der Waals surface area contributed by atoms with Gasteiger partial charge in [0.2, 0.25) is 5.91 Å². The van der Waals surface area contributed by atoms with Gasteiger partial charge in [-0.15, -0.1) is 0 Å². The number of carbonyl (C=O) groups excluding carboxylic acids is 1. The molecule has 5 nitrogen and oxygen atoms in total. The quantitative estimate of drug-likeness (QED) is 0.718. The van der Waals surface area contributed by atoms with Crippen LogP contribution in [0.15, 0.2) is 59.7 Å². The maximum Gasteiger partial charge on any atom is 0.261 e. The van der Waals surface area contributed by atoms with E-state index in [4.69, 9.17) is 0 Å². The summed E-state index contributed by atoms with van der Waals surface area (Å²) in [5.74, 6) is 0.450. The molecule has 0 spiro atoms. The first kappa shape index (κ1) is 18.4. The highest BCUT2D eigenvalue weighted by Gasteiger charge is 2.20. The zero-order valence-corrected chi connectivity index (χ0v) is 15.9. The number of rotatable bonds is 6. The van der Waals surface area contributed by atoms with Gasteiger partial charge in [-0.05, 0) is 48.9 Å². The van der Waals surface area contributed by atoms with Crippen LogP contribution in [0.5, 0.6) is 0 Å². The van der Waals surface area contributed by atoms with Gasteiger partial charge in [0, 0.05) is 25.4 Å². The second kappa shape index (κ2) is 8.38. The van der Waals surface area contributed by atoms with Crippen LogP contribution in [0.2, 0.25) is 0 Å². The van der Waals surface area contributed by atoms with Crippen LogP contribution in [0.1, 0.15) is 42.7 Å². The maximum absolute atomic E-state index is 12.5. The van der Waals surface area contributed by atoms with Gasteiger partial charge in [-0.1, -0.05) is 36.4 Å². The number of amides is 1. The van der Waals surface area contributed by atoms with Crippen LogP contribution in [-0.2, 0) is 17.8 Å². The van der Waals surface area contributed by atoms with E-state index >= 15 is 0 Å². The van der Waals surface area contributed by atoms with Crippen molar-refractivity contribution in [3.63, 3.8) is 0 Å². The van der Waals surface area contributed by atoms with Crippen LogP contribution in [0, 0.1) is 0 Å². The van der Waals surface area contributed by atoms with Crippen molar-refractivity contribution in [1.29, 1.82) is 0 Å². The molecule has 0 fully saturated rings. The second-order valence-electron chi connectivity index (χ2n) is 7.46. The van der Waals surface area contributed by atoms with Gasteiger partial charge in [0.15, 0.2) is 0 Å². The van der Waals surface area contributed by atoms with Crippen LogP contribution < -0.4 is 10.9 Å². The van der Waals surface area contributed by atoms with Crippen molar-refractivity contribution in [3.05, 3.63) is 76.3 Å². The molecule has 1 N–H and O–H groups in total. The van der Waals surface area contributed by atoms with E-state index in [0.717, 1.165) is 12.8 Å². The fourth-order valence-corrected chi connectivity index (χ4v) is 4.07. The number of aromatic nitrogens is 2. The minimum absolute atomic E-state index is 0.0462. The van der Waals surface area contributed by atoms with Gasteiger partial charge in [0.1, 0.15) is 0 Å². The monoisotopic (exact) mass is 375 g/mol. The van der Waals surface area contributed by atoms with E-state index in [1.54, 1.807) is 17.0 Å². The smallest absolute Gasteiger partial charge is 0.261 e. The molecule has 1 atom stereocenters. The van der Waals surface area contributed by atoms with Crippen molar-refractivity contribution in [2.45, 2.75) is 44.6 Å². The van der Waals surface area contributed by atoms with Crippen molar-refractivity contribution in [3.8, 4) is 0 Å². The molecule has 4 rings (SSSR count). The van der Waals surface area contributed by atoms with Crippen LogP contribution in [-0.4, -0.2) is 22.0 Å². The van der Waals surface area contributed by atoms with Crippen LogP contribution in [0.3, 0.4) is 0 Å². The lowest BCUT2D eigenvalue weighted by atomic mass is 9.83. The molecule has 1 aliphatic carbocycles. The Morgan fingerprint density at radius 1 is 1.14 bits per heavy atom. The van der Waals surface area contributed by atoms with Gasteiger partial charge in [0.25, 0.3) is 5.56 Å². The molecule has 144 valence electrons. The van der Waals surface area contributed by atoms with Crippen LogP contribution >= 0.6 is 0 Å². The fraction of sp³-hybridized carbons (Fsp3) is 0.348. The first-order valence-corrected chi connectivity index (χ1v) is 10.0. The van der Waals surface area contributed by atoms with E-state index < -0.39 is 0 Å². The normalized spacial score (nSPS) is 15.9. The molecule has 1 unspecified atom stereocenters. The summed E-state index contributed by atoms with van der Waals surface area (Å²) in [6, 6.07) is 15.9. The summed E-state index contributed by atoms with van der Waals surface area (Å²) in [6.07, 6.45) is 6.03. The van der Waals surface area contributed by atoms with Crippen molar-refractivity contribution in [1.82, 2.24) is 14.9 Å². The topological polar surface area (TPSA) is 64.0 Å². The highest BCUT2D eigenvalue weighted by Crippen LogP contribution is 2.30. The predicted octanol–water partition coefficient (Wildman–Crippen LogP) is 3.41. The third-order valence-electron chi connectivity index (χ3n) is 5.57. The molecule has 0 bridgehead atoms. The molecule has 1 aliphatic rings. The number of nitrogens with zero attached hydrogens (tertiary/aromatic N) is 2. The van der Waals surface area contributed by atoms with Gasteiger partial charge in [-0.2, -0.15) is 0 Å². The average Bonchev–Trinajstić information content (AvgIpc) is 2.74. The van der Waals surface area contributed by atoms with Gasteiger partial charge in [0.05, 0.1) is 17.2 Å². The zero-order chi connectivity index (χ0) is 19.3. The molecule has 0 saturated heterocycles. The SMILES string of the molecule is O=C(CCCn1cnc2ccccc2c1=O)NCC1CCCc2ccccc21. The molecule has 5 heteroatoms. The maximum atomic E-state index is 12.5. The Hall–Kier alpha value is -2.95. The lowest BCUT2D eigenvalue weighted by molar-refractivity contribution is -0.121. The Kier molecular flexibility index (Phi) is 5.51. The molecule has 0 radical (unpaired) electrons. The number of benzene rings is 2. The first-order valence-electron chi connectivity index (χ1n) is 10.0. The summed E-state index contributed by atoms with van der Waals surface area (Å²) in [7, 11) is 0. The number of fused-ring (bicyclic) bond motifs is 2. The number of aryl methyl sites for hydroxylation is 2. The Labute approximate surface area is 164 Å². The number of hydrogen-bond acceptors (Lipinski definition) is 3. The van der Waals surface area contributed by atoms with E-state index in [9.17, 15) is 9.59 Å². The molecular formula is C23H25N3O2.